The lowest BCUT2D eigenvalue weighted by Gasteiger charge is -2.42. The lowest BCUT2D eigenvalue weighted by molar-refractivity contribution is -0.136. The molecule has 2 aromatic heterocycles. The minimum Gasteiger partial charge on any atom is -0.464 e. The number of urea groups is 1. The Bertz CT molecular complexity index is 1180. The van der Waals surface area contributed by atoms with Crippen molar-refractivity contribution in [2.45, 2.75) is 51.7 Å². The van der Waals surface area contributed by atoms with Gasteiger partial charge in [0.2, 0.25) is 0 Å². The molecule has 3 aromatic rings. The van der Waals surface area contributed by atoms with Crippen molar-refractivity contribution >= 4 is 11.9 Å². The summed E-state index contributed by atoms with van der Waals surface area (Å²) in [4.78, 5) is 37.2. The second-order valence-electron chi connectivity index (χ2n) is 10.3. The maximum Gasteiger partial charge on any atom is 0.327 e. The van der Waals surface area contributed by atoms with Gasteiger partial charge in [-0.2, -0.15) is 0 Å². The first-order chi connectivity index (χ1) is 17.5. The molecule has 4 heterocycles. The molecule has 2 fully saturated rings. The Kier molecular flexibility index (Phi) is 6.92. The molecule has 36 heavy (non-hydrogen) atoms. The van der Waals surface area contributed by atoms with Gasteiger partial charge in [0.15, 0.2) is 0 Å². The van der Waals surface area contributed by atoms with Gasteiger partial charge in [0.1, 0.15) is 11.3 Å². The van der Waals surface area contributed by atoms with Crippen molar-refractivity contribution in [3.63, 3.8) is 0 Å². The molecule has 0 unspecified atom stereocenters. The molecule has 2 aliphatic rings. The molecule has 5 rings (SSSR count). The third kappa shape index (κ3) is 4.67. The molecule has 1 aromatic carbocycles. The number of hydrogen-bond acceptors (Lipinski definition) is 5. The Hall–Kier alpha value is -3.45. The molecular weight excluding hydrogens is 452 g/mol. The molecule has 2 aliphatic heterocycles. The summed E-state index contributed by atoms with van der Waals surface area (Å²) in [6, 6.07) is 15.8. The second kappa shape index (κ2) is 10.3. The number of hydrogen-bond donors (Lipinski definition) is 0. The monoisotopic (exact) mass is 486 g/mol. The highest BCUT2D eigenvalue weighted by Gasteiger charge is 2.57. The standard InChI is InChI=1S/C29H34N4O3/c1-22(2)11-15-33-28(35)32(20-23-7-5-14-30-19-23)27(34)29(33)12-16-31(17-13-29)21-24-8-3-4-9-25(24)26-10-6-18-36-26/h3-10,14,18-19,22H,11-13,15-17,20-21H2,1-2H3. The number of benzene rings is 1. The van der Waals surface area contributed by atoms with E-state index in [9.17, 15) is 9.59 Å². The van der Waals surface area contributed by atoms with E-state index >= 15 is 0 Å². The van der Waals surface area contributed by atoms with Crippen LogP contribution >= 0.6 is 0 Å². The van der Waals surface area contributed by atoms with Crippen molar-refractivity contribution in [1.29, 1.82) is 0 Å². The number of nitrogens with zero attached hydrogens (tertiary/aromatic N) is 4. The first-order valence-corrected chi connectivity index (χ1v) is 12.8. The molecule has 7 nitrogen and oxygen atoms in total. The summed E-state index contributed by atoms with van der Waals surface area (Å²) in [6.07, 6.45) is 7.28. The van der Waals surface area contributed by atoms with E-state index in [0.717, 1.165) is 42.9 Å². The van der Waals surface area contributed by atoms with Crippen LogP contribution in [0, 0.1) is 5.92 Å². The zero-order valence-corrected chi connectivity index (χ0v) is 21.1. The van der Waals surface area contributed by atoms with E-state index in [1.165, 1.54) is 10.5 Å². The van der Waals surface area contributed by atoms with Gasteiger partial charge in [0.25, 0.3) is 5.91 Å². The first-order valence-electron chi connectivity index (χ1n) is 12.8. The average Bonchev–Trinajstić information content (AvgIpc) is 3.48. The van der Waals surface area contributed by atoms with Crippen molar-refractivity contribution in [3.05, 3.63) is 78.3 Å². The summed E-state index contributed by atoms with van der Waals surface area (Å²) < 4.78 is 5.65. The number of furan rings is 1. The van der Waals surface area contributed by atoms with E-state index < -0.39 is 5.54 Å². The predicted molar refractivity (Wildman–Crippen MR) is 138 cm³/mol. The summed E-state index contributed by atoms with van der Waals surface area (Å²) in [7, 11) is 0. The van der Waals surface area contributed by atoms with Crippen LogP contribution in [0.2, 0.25) is 0 Å². The van der Waals surface area contributed by atoms with E-state index in [1.807, 2.05) is 35.2 Å². The lowest BCUT2D eigenvalue weighted by Crippen LogP contribution is -2.56. The van der Waals surface area contributed by atoms with Gasteiger partial charge in [0, 0.05) is 44.1 Å². The van der Waals surface area contributed by atoms with Crippen LogP contribution in [-0.2, 0) is 17.9 Å². The highest BCUT2D eigenvalue weighted by Crippen LogP contribution is 2.39. The van der Waals surface area contributed by atoms with Gasteiger partial charge in [-0.3, -0.25) is 19.6 Å². The van der Waals surface area contributed by atoms with Crippen LogP contribution in [0.1, 0.15) is 44.2 Å². The Labute approximate surface area is 212 Å². The summed E-state index contributed by atoms with van der Waals surface area (Å²) in [5.74, 6) is 1.26. The van der Waals surface area contributed by atoms with E-state index in [4.69, 9.17) is 4.42 Å². The minimum absolute atomic E-state index is 0.0595. The Morgan fingerprint density at radius 3 is 2.50 bits per heavy atom. The molecule has 0 radical (unpaired) electrons. The van der Waals surface area contributed by atoms with Gasteiger partial charge in [0.05, 0.1) is 12.8 Å². The van der Waals surface area contributed by atoms with Gasteiger partial charge in [-0.15, -0.1) is 0 Å². The number of piperidine rings is 1. The molecule has 1 spiro atoms. The highest BCUT2D eigenvalue weighted by molar-refractivity contribution is 6.07. The van der Waals surface area contributed by atoms with Crippen molar-refractivity contribution < 1.29 is 14.0 Å². The van der Waals surface area contributed by atoms with Crippen LogP contribution in [-0.4, -0.2) is 56.8 Å². The van der Waals surface area contributed by atoms with E-state index in [-0.39, 0.29) is 18.5 Å². The summed E-state index contributed by atoms with van der Waals surface area (Å²) >= 11 is 0. The number of rotatable bonds is 8. The zero-order valence-electron chi connectivity index (χ0n) is 21.1. The Balaban J connectivity index is 1.34. The fourth-order valence-corrected chi connectivity index (χ4v) is 5.43. The summed E-state index contributed by atoms with van der Waals surface area (Å²) in [6.45, 7) is 7.47. The molecule has 0 atom stereocenters. The number of imide groups is 1. The summed E-state index contributed by atoms with van der Waals surface area (Å²) in [5, 5.41) is 0. The number of pyridine rings is 1. The molecule has 3 amide bonds. The largest absolute Gasteiger partial charge is 0.464 e. The number of aromatic nitrogens is 1. The molecule has 0 bridgehead atoms. The quantitative estimate of drug-likeness (QED) is 0.410. The fourth-order valence-electron chi connectivity index (χ4n) is 5.43. The van der Waals surface area contributed by atoms with E-state index in [2.05, 4.69) is 41.9 Å². The van der Waals surface area contributed by atoms with Crippen molar-refractivity contribution in [3.8, 4) is 11.3 Å². The number of carbonyl (C=O) groups excluding carboxylic acids is 2. The van der Waals surface area contributed by atoms with Gasteiger partial charge in [-0.25, -0.2) is 4.79 Å². The van der Waals surface area contributed by atoms with Gasteiger partial charge < -0.3 is 9.32 Å². The van der Waals surface area contributed by atoms with Crippen LogP contribution in [0.4, 0.5) is 4.79 Å². The molecule has 7 heteroatoms. The smallest absolute Gasteiger partial charge is 0.327 e. The molecule has 0 saturated carbocycles. The number of carbonyl (C=O) groups is 2. The van der Waals surface area contributed by atoms with Crippen molar-refractivity contribution in [1.82, 2.24) is 19.7 Å². The molecule has 188 valence electrons. The third-order valence-corrected chi connectivity index (χ3v) is 7.50. The van der Waals surface area contributed by atoms with E-state index in [0.29, 0.717) is 25.3 Å². The SMILES string of the molecule is CC(C)CCN1C(=O)N(Cc2cccnc2)C(=O)C12CCN(Cc1ccccc1-c1ccco1)CC2. The maximum absolute atomic E-state index is 13.8. The van der Waals surface area contributed by atoms with Gasteiger partial charge in [-0.05, 0) is 54.5 Å². The Morgan fingerprint density at radius 1 is 1.00 bits per heavy atom. The van der Waals surface area contributed by atoms with Gasteiger partial charge in [-0.1, -0.05) is 44.2 Å². The molecule has 0 N–H and O–H groups in total. The van der Waals surface area contributed by atoms with Crippen LogP contribution < -0.4 is 0 Å². The fraction of sp³-hybridized carbons (Fsp3) is 0.414. The second-order valence-corrected chi connectivity index (χ2v) is 10.3. The van der Waals surface area contributed by atoms with Crippen molar-refractivity contribution in [2.24, 2.45) is 5.92 Å². The van der Waals surface area contributed by atoms with E-state index in [1.54, 1.807) is 18.7 Å². The first kappa shape index (κ1) is 24.3. The lowest BCUT2D eigenvalue weighted by atomic mass is 9.85. The normalized spacial score (nSPS) is 18.1. The average molecular weight is 487 g/mol. The Morgan fingerprint density at radius 2 is 1.81 bits per heavy atom. The van der Waals surface area contributed by atoms with Crippen LogP contribution in [0.15, 0.2) is 71.6 Å². The summed E-state index contributed by atoms with van der Waals surface area (Å²) in [5.41, 5.74) is 2.40. The number of amides is 3. The predicted octanol–water partition coefficient (Wildman–Crippen LogP) is 5.19. The maximum atomic E-state index is 13.8. The number of likely N-dealkylation sites (tertiary alicyclic amines) is 1. The minimum atomic E-state index is -0.759. The third-order valence-electron chi connectivity index (χ3n) is 7.50. The van der Waals surface area contributed by atoms with Crippen LogP contribution in [0.5, 0.6) is 0 Å². The topological polar surface area (TPSA) is 69.9 Å². The molecular formula is C29H34N4O3. The molecule has 0 aliphatic carbocycles. The van der Waals surface area contributed by atoms with Crippen LogP contribution in [0.3, 0.4) is 0 Å². The van der Waals surface area contributed by atoms with Crippen molar-refractivity contribution in [2.75, 3.05) is 19.6 Å². The zero-order chi connectivity index (χ0) is 25.1. The van der Waals surface area contributed by atoms with Gasteiger partial charge >= 0.3 is 6.03 Å². The van der Waals surface area contributed by atoms with Crippen LogP contribution in [0.25, 0.3) is 11.3 Å². The molecule has 2 saturated heterocycles. The highest BCUT2D eigenvalue weighted by atomic mass is 16.3.